The Morgan fingerprint density at radius 1 is 1.48 bits per heavy atom. The number of sulfonamides is 1. The lowest BCUT2D eigenvalue weighted by Crippen LogP contribution is -2.27. The van der Waals surface area contributed by atoms with Gasteiger partial charge in [0.15, 0.2) is 0 Å². The molecule has 0 aliphatic rings. The average molecular weight is 319 g/mol. The fraction of sp³-hybridized carbons (Fsp3) is 0.500. The summed E-state index contributed by atoms with van der Waals surface area (Å²) in [7, 11) is -2.76. The number of hydrogen-bond donors (Lipinski definition) is 2. The quantitative estimate of drug-likeness (QED) is 0.681. The molecule has 1 heterocycles. The van der Waals surface area contributed by atoms with E-state index in [0.717, 1.165) is 12.3 Å². The number of methoxy groups -OCH3 is 1. The predicted octanol–water partition coefficient (Wildman–Crippen LogP) is 0.845. The Morgan fingerprint density at radius 3 is 2.67 bits per heavy atom. The minimum Gasteiger partial charge on any atom is -0.481 e. The highest BCUT2D eigenvalue weighted by molar-refractivity contribution is 7.89. The Bertz CT molecular complexity index is 605. The van der Waals surface area contributed by atoms with Crippen LogP contribution in [-0.4, -0.2) is 39.1 Å². The Morgan fingerprint density at radius 2 is 2.14 bits per heavy atom. The highest BCUT2D eigenvalue weighted by Crippen LogP contribution is 2.15. The van der Waals surface area contributed by atoms with E-state index in [-0.39, 0.29) is 18.5 Å². The van der Waals surface area contributed by atoms with Gasteiger partial charge in [-0.1, -0.05) is 6.92 Å². The maximum Gasteiger partial charge on any atom is 0.341 e. The van der Waals surface area contributed by atoms with Crippen molar-refractivity contribution >= 4 is 22.0 Å². The molecule has 0 radical (unpaired) electrons. The molecule has 0 fully saturated rings. The topological polar surface area (TPSA) is 123 Å². The van der Waals surface area contributed by atoms with Crippen molar-refractivity contribution in [2.45, 2.75) is 24.9 Å². The van der Waals surface area contributed by atoms with Gasteiger partial charge in [-0.25, -0.2) is 17.9 Å². The van der Waals surface area contributed by atoms with Crippen molar-refractivity contribution in [2.75, 3.05) is 13.7 Å². The molecule has 0 aliphatic heterocycles. The number of carboxylic acids is 1. The summed E-state index contributed by atoms with van der Waals surface area (Å²) in [6, 6.07) is 1.04. The Kier molecular flexibility index (Phi) is 5.91. The summed E-state index contributed by atoms with van der Waals surface area (Å²) in [4.78, 5) is 22.0. The molecule has 1 unspecified atom stereocenters. The smallest absolute Gasteiger partial charge is 0.341 e. The fourth-order valence-corrected chi connectivity index (χ4v) is 2.61. The van der Waals surface area contributed by atoms with E-state index < -0.39 is 33.0 Å². The second-order valence-electron chi connectivity index (χ2n) is 4.28. The molecule has 9 heteroatoms. The van der Waals surface area contributed by atoms with Gasteiger partial charge >= 0.3 is 11.9 Å². The summed E-state index contributed by atoms with van der Waals surface area (Å²) in [6.45, 7) is 1.67. The second-order valence-corrected chi connectivity index (χ2v) is 5.97. The molecule has 1 atom stereocenters. The van der Waals surface area contributed by atoms with Crippen molar-refractivity contribution in [1.29, 1.82) is 0 Å². The van der Waals surface area contributed by atoms with Crippen molar-refractivity contribution in [3.63, 3.8) is 0 Å². The Balaban J connectivity index is 2.67. The van der Waals surface area contributed by atoms with Crippen LogP contribution in [0, 0.1) is 5.92 Å². The summed E-state index contributed by atoms with van der Waals surface area (Å²) in [5, 5.41) is 8.44. The zero-order valence-corrected chi connectivity index (χ0v) is 12.5. The van der Waals surface area contributed by atoms with Crippen LogP contribution < -0.4 is 4.72 Å². The molecule has 0 spiro atoms. The molecule has 1 rings (SSSR count). The first kappa shape index (κ1) is 17.2. The molecule has 2 N–H and O–H groups in total. The van der Waals surface area contributed by atoms with Crippen LogP contribution in [0.15, 0.2) is 21.8 Å². The molecule has 8 nitrogen and oxygen atoms in total. The molecule has 1 aromatic rings. The summed E-state index contributed by atoms with van der Waals surface area (Å²) in [5.74, 6) is -2.30. The third kappa shape index (κ3) is 4.57. The van der Waals surface area contributed by atoms with Crippen LogP contribution in [0.1, 0.15) is 30.1 Å². The van der Waals surface area contributed by atoms with Gasteiger partial charge in [0.1, 0.15) is 6.26 Å². The monoisotopic (exact) mass is 319 g/mol. The van der Waals surface area contributed by atoms with E-state index >= 15 is 0 Å². The highest BCUT2D eigenvalue weighted by atomic mass is 32.2. The normalized spacial score (nSPS) is 12.9. The first-order chi connectivity index (χ1) is 9.81. The van der Waals surface area contributed by atoms with Crippen molar-refractivity contribution < 1.29 is 32.3 Å². The van der Waals surface area contributed by atoms with Gasteiger partial charge in [-0.3, -0.25) is 4.79 Å². The van der Waals surface area contributed by atoms with E-state index in [4.69, 9.17) is 9.52 Å². The lowest BCUT2D eigenvalue weighted by atomic mass is 10.0. The van der Waals surface area contributed by atoms with Crippen molar-refractivity contribution in [2.24, 2.45) is 5.92 Å². The number of carbonyl (C=O) groups excluding carboxylic acids is 1. The highest BCUT2D eigenvalue weighted by Gasteiger charge is 2.22. The number of furan rings is 1. The van der Waals surface area contributed by atoms with Gasteiger partial charge in [-0.05, 0) is 12.8 Å². The first-order valence-electron chi connectivity index (χ1n) is 6.21. The summed E-state index contributed by atoms with van der Waals surface area (Å²) in [6.07, 6.45) is 1.55. The number of nitrogens with one attached hydrogen (secondary N) is 1. The molecule has 0 aliphatic carbocycles. The molecule has 0 saturated carbocycles. The number of carboxylic acid groups (broad SMARTS) is 1. The number of carbonyl (C=O) groups is 2. The molecular formula is C12H17NO7S. The number of aliphatic carboxylic acids is 1. The van der Waals surface area contributed by atoms with Gasteiger partial charge in [0, 0.05) is 12.6 Å². The van der Waals surface area contributed by atoms with Crippen LogP contribution in [0.4, 0.5) is 0 Å². The number of rotatable bonds is 8. The summed E-state index contributed by atoms with van der Waals surface area (Å²) >= 11 is 0. The predicted molar refractivity (Wildman–Crippen MR) is 71.3 cm³/mol. The molecule has 21 heavy (non-hydrogen) atoms. The average Bonchev–Trinajstić information content (AvgIpc) is 2.92. The van der Waals surface area contributed by atoms with Gasteiger partial charge in [0.2, 0.25) is 5.09 Å². The van der Waals surface area contributed by atoms with Gasteiger partial charge in [-0.15, -0.1) is 0 Å². The number of hydrogen-bond acceptors (Lipinski definition) is 6. The van der Waals surface area contributed by atoms with E-state index in [9.17, 15) is 18.0 Å². The maximum atomic E-state index is 11.9. The molecule has 1 aromatic heterocycles. The molecule has 0 aromatic carbocycles. The fourth-order valence-electron chi connectivity index (χ4n) is 1.62. The molecule has 0 bridgehead atoms. The van der Waals surface area contributed by atoms with Gasteiger partial charge < -0.3 is 14.3 Å². The zero-order chi connectivity index (χ0) is 16.0. The molecule has 0 saturated heterocycles. The lowest BCUT2D eigenvalue weighted by Gasteiger charge is -2.09. The molecular weight excluding hydrogens is 302 g/mol. The number of ether oxygens (including phenoxy) is 1. The summed E-state index contributed by atoms with van der Waals surface area (Å²) in [5.41, 5.74) is -0.0187. The van der Waals surface area contributed by atoms with Crippen molar-refractivity contribution in [3.05, 3.63) is 17.9 Å². The molecule has 0 amide bonds. The van der Waals surface area contributed by atoms with E-state index in [0.29, 0.717) is 6.42 Å². The van der Waals surface area contributed by atoms with Crippen LogP contribution in [0.2, 0.25) is 0 Å². The first-order valence-corrected chi connectivity index (χ1v) is 7.69. The summed E-state index contributed by atoms with van der Waals surface area (Å²) < 4.78 is 35.3. The van der Waals surface area contributed by atoms with E-state index in [1.807, 2.05) is 0 Å². The number of esters is 1. The maximum absolute atomic E-state index is 11.9. The van der Waals surface area contributed by atoms with Crippen LogP contribution in [0.3, 0.4) is 0 Å². The van der Waals surface area contributed by atoms with Crippen molar-refractivity contribution in [1.82, 2.24) is 4.72 Å². The van der Waals surface area contributed by atoms with Crippen LogP contribution in [-0.2, 0) is 19.6 Å². The van der Waals surface area contributed by atoms with E-state index in [2.05, 4.69) is 9.46 Å². The lowest BCUT2D eigenvalue weighted by molar-refractivity contribution is -0.142. The van der Waals surface area contributed by atoms with Gasteiger partial charge in [0.25, 0.3) is 10.0 Å². The molecule has 118 valence electrons. The standard InChI is InChI=1S/C12H17NO7S/c1-3-8(11(14)15)4-5-13-21(17,18)10-6-9(7-20-10)12(16)19-2/h6-8,13H,3-5H2,1-2H3,(H,14,15). The Labute approximate surface area is 122 Å². The third-order valence-corrected chi connectivity index (χ3v) is 4.22. The second kappa shape index (κ2) is 7.23. The van der Waals surface area contributed by atoms with Crippen LogP contribution in [0.5, 0.6) is 0 Å². The van der Waals surface area contributed by atoms with Gasteiger partial charge in [-0.2, -0.15) is 0 Å². The third-order valence-electron chi connectivity index (χ3n) is 2.89. The Hall–Kier alpha value is -1.87. The largest absolute Gasteiger partial charge is 0.481 e. The zero-order valence-electron chi connectivity index (χ0n) is 11.7. The van der Waals surface area contributed by atoms with Gasteiger partial charge in [0.05, 0.1) is 18.6 Å². The minimum atomic E-state index is -3.93. The SMILES string of the molecule is CCC(CCNS(=O)(=O)c1cc(C(=O)OC)co1)C(=O)O. The van der Waals surface area contributed by atoms with Crippen LogP contribution in [0.25, 0.3) is 0 Å². The van der Waals surface area contributed by atoms with Crippen LogP contribution >= 0.6 is 0 Å². The minimum absolute atomic E-state index is 0.0187. The van der Waals surface area contributed by atoms with E-state index in [1.165, 1.54) is 7.11 Å². The van der Waals surface area contributed by atoms with Crippen molar-refractivity contribution in [3.8, 4) is 0 Å². The van der Waals surface area contributed by atoms with E-state index in [1.54, 1.807) is 6.92 Å².